The van der Waals surface area contributed by atoms with E-state index in [0.29, 0.717) is 19.1 Å². The van der Waals surface area contributed by atoms with Crippen molar-refractivity contribution >= 4 is 5.91 Å². The first-order chi connectivity index (χ1) is 9.54. The fourth-order valence-corrected chi connectivity index (χ4v) is 2.63. The number of methoxy groups -OCH3 is 1. The van der Waals surface area contributed by atoms with Gasteiger partial charge < -0.3 is 19.9 Å². The van der Waals surface area contributed by atoms with Crippen LogP contribution < -0.4 is 5.32 Å². The molecule has 1 saturated heterocycles. The SMILES string of the molecule is COCCN(CCCN(C)C)C(=O)C1CC(C)CCN1. The molecule has 0 aromatic heterocycles. The van der Waals surface area contributed by atoms with Crippen LogP contribution >= 0.6 is 0 Å². The molecule has 0 saturated carbocycles. The van der Waals surface area contributed by atoms with Gasteiger partial charge in [0.15, 0.2) is 0 Å². The summed E-state index contributed by atoms with van der Waals surface area (Å²) in [6.45, 7) is 6.30. The largest absolute Gasteiger partial charge is 0.383 e. The van der Waals surface area contributed by atoms with Crippen LogP contribution in [-0.4, -0.2) is 75.7 Å². The molecule has 20 heavy (non-hydrogen) atoms. The van der Waals surface area contributed by atoms with Gasteiger partial charge in [0.05, 0.1) is 12.6 Å². The number of hydrogen-bond donors (Lipinski definition) is 1. The number of ether oxygens (including phenoxy) is 1. The fourth-order valence-electron chi connectivity index (χ4n) is 2.63. The molecule has 1 N–H and O–H groups in total. The summed E-state index contributed by atoms with van der Waals surface area (Å²) >= 11 is 0. The molecule has 1 fully saturated rings. The van der Waals surface area contributed by atoms with Crippen molar-refractivity contribution in [3.8, 4) is 0 Å². The van der Waals surface area contributed by atoms with Crippen LogP contribution in [0.1, 0.15) is 26.2 Å². The zero-order valence-electron chi connectivity index (χ0n) is 13.5. The number of hydrogen-bond acceptors (Lipinski definition) is 4. The van der Waals surface area contributed by atoms with E-state index in [0.717, 1.165) is 32.5 Å². The smallest absolute Gasteiger partial charge is 0.239 e. The minimum absolute atomic E-state index is 0.00466. The van der Waals surface area contributed by atoms with Gasteiger partial charge in [-0.15, -0.1) is 0 Å². The molecule has 0 radical (unpaired) electrons. The minimum Gasteiger partial charge on any atom is -0.383 e. The third kappa shape index (κ3) is 6.20. The highest BCUT2D eigenvalue weighted by atomic mass is 16.5. The number of carbonyl (C=O) groups is 1. The van der Waals surface area contributed by atoms with Gasteiger partial charge in [-0.1, -0.05) is 6.92 Å². The minimum atomic E-state index is -0.00466. The van der Waals surface area contributed by atoms with Crippen molar-refractivity contribution in [3.63, 3.8) is 0 Å². The van der Waals surface area contributed by atoms with Crippen LogP contribution in [0.25, 0.3) is 0 Å². The van der Waals surface area contributed by atoms with E-state index in [9.17, 15) is 4.79 Å². The quantitative estimate of drug-likeness (QED) is 0.716. The maximum atomic E-state index is 12.6. The van der Waals surface area contributed by atoms with Crippen molar-refractivity contribution in [2.75, 3.05) is 54.0 Å². The van der Waals surface area contributed by atoms with Gasteiger partial charge in [0.2, 0.25) is 5.91 Å². The second-order valence-electron chi connectivity index (χ2n) is 6.11. The van der Waals surface area contributed by atoms with Gasteiger partial charge in [0.25, 0.3) is 0 Å². The van der Waals surface area contributed by atoms with Gasteiger partial charge in [-0.05, 0) is 52.4 Å². The van der Waals surface area contributed by atoms with Gasteiger partial charge in [-0.2, -0.15) is 0 Å². The van der Waals surface area contributed by atoms with Crippen molar-refractivity contribution in [3.05, 3.63) is 0 Å². The number of piperidine rings is 1. The zero-order valence-corrected chi connectivity index (χ0v) is 13.5. The average molecular weight is 285 g/mol. The summed E-state index contributed by atoms with van der Waals surface area (Å²) in [5, 5.41) is 3.36. The standard InChI is InChI=1S/C15H31N3O2/c1-13-6-7-16-14(12-13)15(19)18(10-11-20-4)9-5-8-17(2)3/h13-14,16H,5-12H2,1-4H3. The van der Waals surface area contributed by atoms with E-state index < -0.39 is 0 Å². The Bertz CT molecular complexity index is 284. The molecule has 5 nitrogen and oxygen atoms in total. The van der Waals surface area contributed by atoms with Crippen molar-refractivity contribution < 1.29 is 9.53 Å². The highest BCUT2D eigenvalue weighted by Crippen LogP contribution is 2.16. The molecule has 2 unspecified atom stereocenters. The van der Waals surface area contributed by atoms with E-state index in [1.165, 1.54) is 6.42 Å². The molecule has 118 valence electrons. The van der Waals surface area contributed by atoms with Gasteiger partial charge in [0.1, 0.15) is 0 Å². The Labute approximate surface area is 123 Å². The summed E-state index contributed by atoms with van der Waals surface area (Å²) in [5.74, 6) is 0.878. The predicted octanol–water partition coefficient (Wildman–Crippen LogP) is 0.801. The lowest BCUT2D eigenvalue weighted by molar-refractivity contribution is -0.135. The molecule has 1 aliphatic heterocycles. The second kappa shape index (κ2) is 9.32. The van der Waals surface area contributed by atoms with Crippen LogP contribution in [0.4, 0.5) is 0 Å². The van der Waals surface area contributed by atoms with Crippen LogP contribution in [0, 0.1) is 5.92 Å². The van der Waals surface area contributed by atoms with Crippen LogP contribution in [0.2, 0.25) is 0 Å². The summed E-state index contributed by atoms with van der Waals surface area (Å²) in [6.07, 6.45) is 3.13. The van der Waals surface area contributed by atoms with Crippen molar-refractivity contribution in [1.29, 1.82) is 0 Å². The third-order valence-corrected chi connectivity index (χ3v) is 3.87. The van der Waals surface area contributed by atoms with Gasteiger partial charge in [0, 0.05) is 20.2 Å². The maximum Gasteiger partial charge on any atom is 0.239 e. The first-order valence-corrected chi connectivity index (χ1v) is 7.70. The van der Waals surface area contributed by atoms with Crippen LogP contribution in [0.5, 0.6) is 0 Å². The van der Waals surface area contributed by atoms with Crippen molar-refractivity contribution in [1.82, 2.24) is 15.1 Å². The number of nitrogens with zero attached hydrogens (tertiary/aromatic N) is 2. The highest BCUT2D eigenvalue weighted by molar-refractivity contribution is 5.82. The Hall–Kier alpha value is -0.650. The molecule has 1 aliphatic rings. The van der Waals surface area contributed by atoms with E-state index in [-0.39, 0.29) is 11.9 Å². The Kier molecular flexibility index (Phi) is 8.11. The average Bonchev–Trinajstić information content (AvgIpc) is 2.41. The summed E-state index contributed by atoms with van der Waals surface area (Å²) in [5.41, 5.74) is 0. The summed E-state index contributed by atoms with van der Waals surface area (Å²) < 4.78 is 5.13. The molecular formula is C15H31N3O2. The van der Waals surface area contributed by atoms with E-state index in [1.807, 2.05) is 4.90 Å². The van der Waals surface area contributed by atoms with Crippen LogP contribution in [0.15, 0.2) is 0 Å². The zero-order chi connectivity index (χ0) is 15.0. The lowest BCUT2D eigenvalue weighted by Crippen LogP contribution is -2.51. The Morgan fingerprint density at radius 1 is 1.30 bits per heavy atom. The lowest BCUT2D eigenvalue weighted by Gasteiger charge is -2.32. The van der Waals surface area contributed by atoms with E-state index >= 15 is 0 Å². The number of nitrogens with one attached hydrogen (secondary N) is 1. The van der Waals surface area contributed by atoms with Gasteiger partial charge in [-0.3, -0.25) is 4.79 Å². The predicted molar refractivity (Wildman–Crippen MR) is 81.8 cm³/mol. The topological polar surface area (TPSA) is 44.8 Å². The molecule has 0 aromatic carbocycles. The first-order valence-electron chi connectivity index (χ1n) is 7.70. The number of carbonyl (C=O) groups excluding carboxylic acids is 1. The Morgan fingerprint density at radius 3 is 2.65 bits per heavy atom. The molecule has 0 aliphatic carbocycles. The van der Waals surface area contributed by atoms with E-state index in [2.05, 4.69) is 31.2 Å². The second-order valence-corrected chi connectivity index (χ2v) is 6.11. The van der Waals surface area contributed by atoms with Gasteiger partial charge >= 0.3 is 0 Å². The molecule has 5 heteroatoms. The summed E-state index contributed by atoms with van der Waals surface area (Å²) in [7, 11) is 5.81. The first kappa shape index (κ1) is 17.4. The molecule has 1 amide bonds. The monoisotopic (exact) mass is 285 g/mol. The number of amides is 1. The van der Waals surface area contributed by atoms with Gasteiger partial charge in [-0.25, -0.2) is 0 Å². The molecule has 0 spiro atoms. The Balaban J connectivity index is 2.49. The molecular weight excluding hydrogens is 254 g/mol. The molecule has 2 atom stereocenters. The molecule has 0 aromatic rings. The van der Waals surface area contributed by atoms with Crippen LogP contribution in [0.3, 0.4) is 0 Å². The maximum absolute atomic E-state index is 12.6. The van der Waals surface area contributed by atoms with E-state index in [1.54, 1.807) is 7.11 Å². The summed E-state index contributed by atoms with van der Waals surface area (Å²) in [6, 6.07) is -0.00466. The van der Waals surface area contributed by atoms with Crippen molar-refractivity contribution in [2.45, 2.75) is 32.2 Å². The molecule has 1 rings (SSSR count). The lowest BCUT2D eigenvalue weighted by atomic mass is 9.93. The van der Waals surface area contributed by atoms with E-state index in [4.69, 9.17) is 4.74 Å². The Morgan fingerprint density at radius 2 is 2.05 bits per heavy atom. The van der Waals surface area contributed by atoms with Crippen molar-refractivity contribution in [2.24, 2.45) is 5.92 Å². The fraction of sp³-hybridized carbons (Fsp3) is 0.933. The molecule has 0 bridgehead atoms. The highest BCUT2D eigenvalue weighted by Gasteiger charge is 2.28. The molecule has 1 heterocycles. The number of rotatable bonds is 8. The summed E-state index contributed by atoms with van der Waals surface area (Å²) in [4.78, 5) is 16.7. The third-order valence-electron chi connectivity index (χ3n) is 3.87. The normalized spacial score (nSPS) is 23.1. The van der Waals surface area contributed by atoms with Crippen LogP contribution in [-0.2, 0) is 9.53 Å².